The number of hydrogen-bond donors (Lipinski definition) is 1. The number of nitrogens with zero attached hydrogens (tertiary/aromatic N) is 2. The molecule has 0 atom stereocenters. The molecular weight excluding hydrogens is 354 g/mol. The first-order valence-corrected chi connectivity index (χ1v) is 9.75. The monoisotopic (exact) mass is 373 g/mol. The highest BCUT2D eigenvalue weighted by molar-refractivity contribution is 7.99. The molecule has 134 valence electrons. The van der Waals surface area contributed by atoms with Gasteiger partial charge >= 0.3 is 0 Å². The van der Waals surface area contributed by atoms with E-state index in [2.05, 4.69) is 28.1 Å². The molecular formula is C22H19N3OS. The maximum absolute atomic E-state index is 12.3. The van der Waals surface area contributed by atoms with Gasteiger partial charge in [-0.05, 0) is 29.8 Å². The lowest BCUT2D eigenvalue weighted by Gasteiger charge is -2.09. The van der Waals surface area contributed by atoms with E-state index in [9.17, 15) is 4.79 Å². The molecule has 0 radical (unpaired) electrons. The van der Waals surface area contributed by atoms with E-state index in [-0.39, 0.29) is 5.91 Å². The molecule has 0 spiro atoms. The number of nitrogens with one attached hydrogen (secondary N) is 1. The second-order valence-electron chi connectivity index (χ2n) is 6.16. The number of benzene rings is 3. The Bertz CT molecular complexity index is 1050. The van der Waals surface area contributed by atoms with Gasteiger partial charge in [-0.1, -0.05) is 72.4 Å². The quantitative estimate of drug-likeness (QED) is 0.493. The molecule has 0 saturated carbocycles. The number of imidazole rings is 1. The molecule has 1 aromatic heterocycles. The van der Waals surface area contributed by atoms with Gasteiger partial charge in [-0.15, -0.1) is 0 Å². The van der Waals surface area contributed by atoms with Crippen LogP contribution in [-0.4, -0.2) is 21.2 Å². The number of carbonyl (C=O) groups is 1. The minimum Gasteiger partial charge on any atom is -0.325 e. The second kappa shape index (κ2) is 8.10. The third-order valence-corrected chi connectivity index (χ3v) is 5.17. The summed E-state index contributed by atoms with van der Waals surface area (Å²) in [6, 6.07) is 27.9. The van der Waals surface area contributed by atoms with Crippen molar-refractivity contribution >= 4 is 34.4 Å². The van der Waals surface area contributed by atoms with E-state index < -0.39 is 0 Å². The normalized spacial score (nSPS) is 10.8. The predicted molar refractivity (Wildman–Crippen MR) is 111 cm³/mol. The van der Waals surface area contributed by atoms with Gasteiger partial charge in [-0.25, -0.2) is 4.98 Å². The average molecular weight is 373 g/mol. The summed E-state index contributed by atoms with van der Waals surface area (Å²) < 4.78 is 2.17. The summed E-state index contributed by atoms with van der Waals surface area (Å²) in [5, 5.41) is 3.77. The molecule has 0 fully saturated rings. The highest BCUT2D eigenvalue weighted by atomic mass is 32.2. The van der Waals surface area contributed by atoms with Crippen LogP contribution in [0.5, 0.6) is 0 Å². The molecule has 0 saturated heterocycles. The van der Waals surface area contributed by atoms with Crippen molar-refractivity contribution in [2.45, 2.75) is 11.7 Å². The first kappa shape index (κ1) is 17.4. The molecule has 0 bridgehead atoms. The van der Waals surface area contributed by atoms with E-state index in [0.717, 1.165) is 28.4 Å². The Labute approximate surface area is 162 Å². The van der Waals surface area contributed by atoms with Crippen LogP contribution in [0.4, 0.5) is 5.69 Å². The molecule has 5 heteroatoms. The number of para-hydroxylation sites is 3. The third kappa shape index (κ3) is 4.20. The predicted octanol–water partition coefficient (Wildman–Crippen LogP) is 4.82. The fourth-order valence-corrected chi connectivity index (χ4v) is 3.75. The second-order valence-corrected chi connectivity index (χ2v) is 7.10. The van der Waals surface area contributed by atoms with Crippen LogP contribution in [0.2, 0.25) is 0 Å². The fourth-order valence-electron chi connectivity index (χ4n) is 2.93. The van der Waals surface area contributed by atoms with Crippen LogP contribution in [0.1, 0.15) is 5.56 Å². The number of anilines is 1. The minimum absolute atomic E-state index is 0.0375. The first-order chi connectivity index (χ1) is 13.3. The van der Waals surface area contributed by atoms with Crippen molar-refractivity contribution in [3.63, 3.8) is 0 Å². The lowest BCUT2D eigenvalue weighted by atomic mass is 10.2. The lowest BCUT2D eigenvalue weighted by molar-refractivity contribution is -0.113. The first-order valence-electron chi connectivity index (χ1n) is 8.76. The summed E-state index contributed by atoms with van der Waals surface area (Å²) in [6.07, 6.45) is 0. The van der Waals surface area contributed by atoms with Crippen LogP contribution in [0, 0.1) is 0 Å². The largest absolute Gasteiger partial charge is 0.325 e. The van der Waals surface area contributed by atoms with E-state index in [1.54, 1.807) is 0 Å². The Hall–Kier alpha value is -3.05. The van der Waals surface area contributed by atoms with Gasteiger partial charge in [0.15, 0.2) is 5.16 Å². The Morgan fingerprint density at radius 2 is 1.56 bits per heavy atom. The third-order valence-electron chi connectivity index (χ3n) is 4.19. The molecule has 4 aromatic rings. The smallest absolute Gasteiger partial charge is 0.234 e. The van der Waals surface area contributed by atoms with Crippen molar-refractivity contribution in [1.82, 2.24) is 9.55 Å². The molecule has 0 aliphatic rings. The summed E-state index contributed by atoms with van der Waals surface area (Å²) >= 11 is 1.46. The van der Waals surface area contributed by atoms with Gasteiger partial charge in [0.05, 0.1) is 23.3 Å². The minimum atomic E-state index is -0.0375. The van der Waals surface area contributed by atoms with E-state index in [4.69, 9.17) is 4.98 Å². The van der Waals surface area contributed by atoms with Crippen molar-refractivity contribution in [3.05, 3.63) is 90.5 Å². The molecule has 4 nitrogen and oxygen atoms in total. The van der Waals surface area contributed by atoms with Crippen LogP contribution < -0.4 is 5.32 Å². The number of thioether (sulfide) groups is 1. The maximum atomic E-state index is 12.3. The van der Waals surface area contributed by atoms with Gasteiger partial charge < -0.3 is 9.88 Å². The van der Waals surface area contributed by atoms with Gasteiger partial charge in [0.25, 0.3) is 0 Å². The summed E-state index contributed by atoms with van der Waals surface area (Å²) in [5.74, 6) is 0.275. The van der Waals surface area contributed by atoms with Crippen molar-refractivity contribution in [1.29, 1.82) is 0 Å². The summed E-state index contributed by atoms with van der Waals surface area (Å²) in [4.78, 5) is 17.0. The highest BCUT2D eigenvalue weighted by Crippen LogP contribution is 2.25. The molecule has 0 unspecified atom stereocenters. The zero-order valence-corrected chi connectivity index (χ0v) is 15.5. The molecule has 1 amide bonds. The van der Waals surface area contributed by atoms with Gasteiger partial charge in [-0.3, -0.25) is 4.79 Å². The number of rotatable bonds is 6. The van der Waals surface area contributed by atoms with Crippen LogP contribution in [0.25, 0.3) is 11.0 Å². The van der Waals surface area contributed by atoms with E-state index in [0.29, 0.717) is 5.75 Å². The fraction of sp³-hybridized carbons (Fsp3) is 0.0909. The molecule has 27 heavy (non-hydrogen) atoms. The van der Waals surface area contributed by atoms with Crippen molar-refractivity contribution in [3.8, 4) is 0 Å². The van der Waals surface area contributed by atoms with Crippen LogP contribution in [0.15, 0.2) is 90.1 Å². The number of fused-ring (bicyclic) bond motifs is 1. The van der Waals surface area contributed by atoms with Gasteiger partial charge in [0.1, 0.15) is 0 Å². The molecule has 3 aromatic carbocycles. The molecule has 4 rings (SSSR count). The Balaban J connectivity index is 1.54. The van der Waals surface area contributed by atoms with Crippen LogP contribution in [0.3, 0.4) is 0 Å². The molecule has 1 heterocycles. The van der Waals surface area contributed by atoms with Crippen molar-refractivity contribution in [2.24, 2.45) is 0 Å². The average Bonchev–Trinajstić information content (AvgIpc) is 3.06. The number of carbonyl (C=O) groups excluding carboxylic acids is 1. The van der Waals surface area contributed by atoms with E-state index in [1.165, 1.54) is 17.3 Å². The van der Waals surface area contributed by atoms with Gasteiger partial charge in [0, 0.05) is 5.69 Å². The van der Waals surface area contributed by atoms with Gasteiger partial charge in [-0.2, -0.15) is 0 Å². The standard InChI is InChI=1S/C22H19N3OS/c26-21(23-18-11-5-2-6-12-18)16-27-22-24-19-13-7-8-14-20(19)25(22)15-17-9-3-1-4-10-17/h1-14H,15-16H2,(H,23,26). The van der Waals surface area contributed by atoms with Crippen LogP contribution in [-0.2, 0) is 11.3 Å². The number of aromatic nitrogens is 2. The zero-order valence-electron chi connectivity index (χ0n) is 14.7. The Kier molecular flexibility index (Phi) is 5.21. The Morgan fingerprint density at radius 3 is 2.33 bits per heavy atom. The SMILES string of the molecule is O=C(CSc1nc2ccccc2n1Cc1ccccc1)Nc1ccccc1. The van der Waals surface area contributed by atoms with Crippen molar-refractivity contribution in [2.75, 3.05) is 11.1 Å². The molecule has 1 N–H and O–H groups in total. The maximum Gasteiger partial charge on any atom is 0.234 e. The summed E-state index contributed by atoms with van der Waals surface area (Å²) in [7, 11) is 0. The zero-order chi connectivity index (χ0) is 18.5. The van der Waals surface area contributed by atoms with Crippen LogP contribution >= 0.6 is 11.8 Å². The molecule has 0 aliphatic heterocycles. The van der Waals surface area contributed by atoms with Crippen molar-refractivity contribution < 1.29 is 4.79 Å². The lowest BCUT2D eigenvalue weighted by Crippen LogP contribution is -2.14. The highest BCUT2D eigenvalue weighted by Gasteiger charge is 2.13. The summed E-state index contributed by atoms with van der Waals surface area (Å²) in [6.45, 7) is 0.726. The number of hydrogen-bond acceptors (Lipinski definition) is 3. The number of amides is 1. The van der Waals surface area contributed by atoms with Gasteiger partial charge in [0.2, 0.25) is 5.91 Å². The molecule has 0 aliphatic carbocycles. The Morgan fingerprint density at radius 1 is 0.889 bits per heavy atom. The topological polar surface area (TPSA) is 46.9 Å². The summed E-state index contributed by atoms with van der Waals surface area (Å²) in [5.41, 5.74) is 4.03. The van der Waals surface area contributed by atoms with E-state index >= 15 is 0 Å². The van der Waals surface area contributed by atoms with E-state index in [1.807, 2.05) is 66.7 Å².